The van der Waals surface area contributed by atoms with Crippen LogP contribution in [0.3, 0.4) is 0 Å². The lowest BCUT2D eigenvalue weighted by Gasteiger charge is -2.12. The van der Waals surface area contributed by atoms with Gasteiger partial charge < -0.3 is 9.32 Å². The van der Waals surface area contributed by atoms with Gasteiger partial charge in [-0.2, -0.15) is 13.9 Å². The van der Waals surface area contributed by atoms with Gasteiger partial charge in [-0.05, 0) is 18.2 Å². The SMILES string of the molecule is CN(Cc1cnn(-c2cccc(Cl)c2)c1)c1nnc(C(C)(F)F)o1. The molecule has 2 aromatic heterocycles. The van der Waals surface area contributed by atoms with E-state index in [9.17, 15) is 8.78 Å². The molecule has 2 heterocycles. The van der Waals surface area contributed by atoms with Crippen LogP contribution >= 0.6 is 11.6 Å². The van der Waals surface area contributed by atoms with Gasteiger partial charge in [0.15, 0.2) is 0 Å². The third-order valence-electron chi connectivity index (χ3n) is 3.24. The molecule has 0 aliphatic heterocycles. The fraction of sp³-hybridized carbons (Fsp3) is 0.267. The Morgan fingerprint density at radius 1 is 1.33 bits per heavy atom. The maximum absolute atomic E-state index is 13.1. The van der Waals surface area contributed by atoms with E-state index in [0.29, 0.717) is 18.5 Å². The minimum Gasteiger partial charge on any atom is -0.401 e. The quantitative estimate of drug-likeness (QED) is 0.700. The molecule has 0 saturated carbocycles. The Balaban J connectivity index is 1.73. The van der Waals surface area contributed by atoms with Crippen LogP contribution in [0.1, 0.15) is 18.4 Å². The molecule has 24 heavy (non-hydrogen) atoms. The zero-order chi connectivity index (χ0) is 17.3. The Kier molecular flexibility index (Phi) is 4.23. The van der Waals surface area contributed by atoms with Gasteiger partial charge in [0.25, 0.3) is 5.89 Å². The van der Waals surface area contributed by atoms with Crippen LogP contribution in [0.4, 0.5) is 14.8 Å². The van der Waals surface area contributed by atoms with Crippen LogP contribution in [-0.2, 0) is 12.5 Å². The average molecular weight is 354 g/mol. The second kappa shape index (κ2) is 6.20. The summed E-state index contributed by atoms with van der Waals surface area (Å²) in [6.45, 7) is 1.08. The first kappa shape index (κ1) is 16.4. The molecule has 0 aliphatic rings. The van der Waals surface area contributed by atoms with Crippen molar-refractivity contribution in [3.63, 3.8) is 0 Å². The number of aromatic nitrogens is 4. The number of nitrogens with zero attached hydrogens (tertiary/aromatic N) is 5. The van der Waals surface area contributed by atoms with E-state index in [1.807, 2.05) is 18.3 Å². The van der Waals surface area contributed by atoms with Gasteiger partial charge in [0.2, 0.25) is 0 Å². The summed E-state index contributed by atoms with van der Waals surface area (Å²) in [6, 6.07) is 7.29. The molecule has 0 aliphatic carbocycles. The van der Waals surface area contributed by atoms with Gasteiger partial charge in [-0.3, -0.25) is 0 Å². The molecule has 0 amide bonds. The molecule has 0 radical (unpaired) electrons. The molecule has 3 rings (SSSR count). The minimum atomic E-state index is -3.16. The number of benzene rings is 1. The third kappa shape index (κ3) is 3.53. The van der Waals surface area contributed by atoms with Crippen molar-refractivity contribution in [1.82, 2.24) is 20.0 Å². The van der Waals surface area contributed by atoms with E-state index in [1.54, 1.807) is 35.0 Å². The van der Waals surface area contributed by atoms with Gasteiger partial charge in [-0.15, -0.1) is 5.10 Å². The predicted molar refractivity (Wildman–Crippen MR) is 84.5 cm³/mol. The van der Waals surface area contributed by atoms with Gasteiger partial charge in [0, 0.05) is 30.8 Å². The molecule has 6 nitrogen and oxygen atoms in total. The normalized spacial score (nSPS) is 11.7. The zero-order valence-electron chi connectivity index (χ0n) is 12.9. The Morgan fingerprint density at radius 2 is 2.12 bits per heavy atom. The number of alkyl halides is 2. The topological polar surface area (TPSA) is 60.0 Å². The highest BCUT2D eigenvalue weighted by Crippen LogP contribution is 2.27. The van der Waals surface area contributed by atoms with Crippen LogP contribution in [0, 0.1) is 0 Å². The Hall–Kier alpha value is -2.48. The predicted octanol–water partition coefficient (Wildman–Crippen LogP) is 3.66. The molecule has 0 bridgehead atoms. The van der Waals surface area contributed by atoms with Crippen molar-refractivity contribution >= 4 is 17.6 Å². The van der Waals surface area contributed by atoms with Crippen molar-refractivity contribution in [3.8, 4) is 5.69 Å². The molecule has 0 unspecified atom stereocenters. The second-order valence-corrected chi connectivity index (χ2v) is 5.84. The zero-order valence-corrected chi connectivity index (χ0v) is 13.7. The van der Waals surface area contributed by atoms with Gasteiger partial charge in [-0.1, -0.05) is 22.8 Å². The molecule has 0 saturated heterocycles. The molecule has 3 aromatic rings. The average Bonchev–Trinajstić information content (AvgIpc) is 3.16. The van der Waals surface area contributed by atoms with E-state index in [1.165, 1.54) is 0 Å². The molecule has 1 aromatic carbocycles. The molecule has 0 N–H and O–H groups in total. The lowest BCUT2D eigenvalue weighted by atomic mass is 10.3. The summed E-state index contributed by atoms with van der Waals surface area (Å²) in [5.74, 6) is -3.87. The number of halogens is 3. The van der Waals surface area contributed by atoms with Crippen molar-refractivity contribution in [2.45, 2.75) is 19.4 Å². The molecule has 0 fully saturated rings. The first-order valence-electron chi connectivity index (χ1n) is 7.05. The third-order valence-corrected chi connectivity index (χ3v) is 3.48. The standard InChI is InChI=1S/C15H14ClF2N5O/c1-15(17,18)13-20-21-14(24-13)22(2)8-10-7-19-23(9-10)12-5-3-4-11(16)6-12/h3-7,9H,8H2,1-2H3. The van der Waals surface area contributed by atoms with E-state index in [0.717, 1.165) is 11.3 Å². The summed E-state index contributed by atoms with van der Waals surface area (Å²) in [6.07, 6.45) is 3.48. The summed E-state index contributed by atoms with van der Waals surface area (Å²) < 4.78 is 33.0. The Labute approximate surface area is 141 Å². The molecule has 0 spiro atoms. The highest BCUT2D eigenvalue weighted by Gasteiger charge is 2.32. The van der Waals surface area contributed by atoms with E-state index in [-0.39, 0.29) is 6.01 Å². The van der Waals surface area contributed by atoms with E-state index >= 15 is 0 Å². The van der Waals surface area contributed by atoms with Crippen LogP contribution in [0.15, 0.2) is 41.1 Å². The monoisotopic (exact) mass is 353 g/mol. The molecule has 0 atom stereocenters. The van der Waals surface area contributed by atoms with E-state index in [2.05, 4.69) is 15.3 Å². The number of hydrogen-bond donors (Lipinski definition) is 0. The van der Waals surface area contributed by atoms with E-state index in [4.69, 9.17) is 16.0 Å². The molecular weight excluding hydrogens is 340 g/mol. The molecule has 126 valence electrons. The number of hydrogen-bond acceptors (Lipinski definition) is 5. The van der Waals surface area contributed by atoms with Crippen molar-refractivity contribution in [3.05, 3.63) is 53.1 Å². The van der Waals surface area contributed by atoms with Crippen molar-refractivity contribution in [1.29, 1.82) is 0 Å². The smallest absolute Gasteiger partial charge is 0.321 e. The highest BCUT2D eigenvalue weighted by molar-refractivity contribution is 6.30. The van der Waals surface area contributed by atoms with Crippen LogP contribution < -0.4 is 4.90 Å². The van der Waals surface area contributed by atoms with Crippen LogP contribution in [0.5, 0.6) is 0 Å². The molecular formula is C15H14ClF2N5O. The van der Waals surface area contributed by atoms with Gasteiger partial charge >= 0.3 is 11.9 Å². The summed E-state index contributed by atoms with van der Waals surface area (Å²) in [5.41, 5.74) is 1.67. The fourth-order valence-corrected chi connectivity index (χ4v) is 2.27. The summed E-state index contributed by atoms with van der Waals surface area (Å²) >= 11 is 5.97. The van der Waals surface area contributed by atoms with Gasteiger partial charge in [-0.25, -0.2) is 4.68 Å². The number of rotatable bonds is 5. The van der Waals surface area contributed by atoms with Crippen LogP contribution in [-0.4, -0.2) is 27.0 Å². The van der Waals surface area contributed by atoms with Gasteiger partial charge in [0.05, 0.1) is 18.4 Å². The minimum absolute atomic E-state index is 0.0158. The maximum atomic E-state index is 13.1. The first-order valence-corrected chi connectivity index (χ1v) is 7.43. The highest BCUT2D eigenvalue weighted by atomic mass is 35.5. The van der Waals surface area contributed by atoms with Crippen molar-refractivity contribution in [2.75, 3.05) is 11.9 Å². The van der Waals surface area contributed by atoms with Crippen molar-refractivity contribution in [2.24, 2.45) is 0 Å². The second-order valence-electron chi connectivity index (χ2n) is 5.41. The van der Waals surface area contributed by atoms with Crippen molar-refractivity contribution < 1.29 is 13.2 Å². The summed E-state index contributed by atoms with van der Waals surface area (Å²) in [4.78, 5) is 1.57. The first-order chi connectivity index (χ1) is 11.3. The largest absolute Gasteiger partial charge is 0.401 e. The Morgan fingerprint density at radius 3 is 2.79 bits per heavy atom. The van der Waals surface area contributed by atoms with E-state index < -0.39 is 11.8 Å². The maximum Gasteiger partial charge on any atom is 0.321 e. The number of anilines is 1. The molecule has 9 heteroatoms. The van der Waals surface area contributed by atoms with Crippen LogP contribution in [0.25, 0.3) is 5.69 Å². The summed E-state index contributed by atoms with van der Waals surface area (Å²) in [7, 11) is 1.67. The summed E-state index contributed by atoms with van der Waals surface area (Å²) in [5, 5.41) is 11.9. The lowest BCUT2D eigenvalue weighted by Crippen LogP contribution is -2.16. The Bertz CT molecular complexity index is 842. The lowest BCUT2D eigenvalue weighted by molar-refractivity contribution is -0.0106. The van der Waals surface area contributed by atoms with Gasteiger partial charge in [0.1, 0.15) is 0 Å². The van der Waals surface area contributed by atoms with Crippen LogP contribution in [0.2, 0.25) is 5.02 Å². The fourth-order valence-electron chi connectivity index (χ4n) is 2.09.